The van der Waals surface area contributed by atoms with E-state index in [9.17, 15) is 9.59 Å². The van der Waals surface area contributed by atoms with Crippen LogP contribution < -0.4 is 15.6 Å². The molecule has 2 aromatic rings. The third-order valence-corrected chi connectivity index (χ3v) is 4.44. The van der Waals surface area contributed by atoms with Crippen molar-refractivity contribution in [3.8, 4) is 5.75 Å². The summed E-state index contributed by atoms with van der Waals surface area (Å²) in [6.07, 6.45) is 0. The second-order valence-electron chi connectivity index (χ2n) is 7.85. The van der Waals surface area contributed by atoms with Gasteiger partial charge in [-0.05, 0) is 49.9 Å². The molecule has 0 saturated heterocycles. The number of rotatable bonds is 3. The second-order valence-corrected chi connectivity index (χ2v) is 7.85. The fraction of sp³-hybridized carbons (Fsp3) is 0.364. The lowest BCUT2D eigenvalue weighted by Gasteiger charge is -2.24. The van der Waals surface area contributed by atoms with E-state index < -0.39 is 0 Å². The van der Waals surface area contributed by atoms with Crippen LogP contribution >= 0.6 is 0 Å². The highest BCUT2D eigenvalue weighted by Gasteiger charge is 2.23. The van der Waals surface area contributed by atoms with E-state index in [1.165, 1.54) is 0 Å². The summed E-state index contributed by atoms with van der Waals surface area (Å²) in [6.45, 7) is 12.0. The number of hydrazine groups is 1. The molecular weight excluding hydrogens is 340 g/mol. The molecule has 2 rings (SSSR count). The Labute approximate surface area is 161 Å². The first-order valence-electron chi connectivity index (χ1n) is 8.91. The van der Waals surface area contributed by atoms with Gasteiger partial charge in [0.25, 0.3) is 11.8 Å². The van der Waals surface area contributed by atoms with Crippen LogP contribution in [0.5, 0.6) is 5.75 Å². The summed E-state index contributed by atoms with van der Waals surface area (Å²) in [6, 6.07) is 9.20. The molecule has 2 N–H and O–H groups in total. The van der Waals surface area contributed by atoms with Crippen LogP contribution in [0.25, 0.3) is 0 Å². The molecule has 0 aliphatic rings. The van der Waals surface area contributed by atoms with Crippen molar-refractivity contribution in [1.82, 2.24) is 10.9 Å². The van der Waals surface area contributed by atoms with Crippen molar-refractivity contribution in [1.29, 1.82) is 0 Å². The summed E-state index contributed by atoms with van der Waals surface area (Å²) in [7, 11) is 1.60. The summed E-state index contributed by atoms with van der Waals surface area (Å²) in [5.74, 6) is -0.0501. The SMILES string of the molecule is COc1c(C(C)(C)C)ccc(C(=O)NNC(=O)c2cc(C)cc(C)c2)c1C. The summed E-state index contributed by atoms with van der Waals surface area (Å²) in [5, 5.41) is 0. The number of benzene rings is 2. The van der Waals surface area contributed by atoms with E-state index in [0.717, 1.165) is 22.3 Å². The van der Waals surface area contributed by atoms with Crippen molar-refractivity contribution in [2.24, 2.45) is 0 Å². The molecule has 144 valence electrons. The Morgan fingerprint density at radius 1 is 0.889 bits per heavy atom. The predicted molar refractivity (Wildman–Crippen MR) is 107 cm³/mol. The number of carbonyl (C=O) groups is 2. The van der Waals surface area contributed by atoms with Crippen LogP contribution in [0.2, 0.25) is 0 Å². The van der Waals surface area contributed by atoms with Gasteiger partial charge in [-0.15, -0.1) is 0 Å². The van der Waals surface area contributed by atoms with Crippen LogP contribution in [0.1, 0.15) is 63.7 Å². The molecule has 0 unspecified atom stereocenters. The van der Waals surface area contributed by atoms with Gasteiger partial charge in [0.1, 0.15) is 5.75 Å². The number of amides is 2. The summed E-state index contributed by atoms with van der Waals surface area (Å²) in [4.78, 5) is 24.9. The zero-order valence-corrected chi connectivity index (χ0v) is 17.1. The minimum atomic E-state index is -0.385. The maximum Gasteiger partial charge on any atom is 0.270 e. The van der Waals surface area contributed by atoms with E-state index in [4.69, 9.17) is 4.74 Å². The lowest BCUT2D eigenvalue weighted by Crippen LogP contribution is -2.42. The Morgan fingerprint density at radius 2 is 1.44 bits per heavy atom. The molecule has 0 heterocycles. The molecule has 0 radical (unpaired) electrons. The predicted octanol–water partition coefficient (Wildman–Crippen LogP) is 3.99. The van der Waals surface area contributed by atoms with Gasteiger partial charge in [-0.1, -0.05) is 44.0 Å². The van der Waals surface area contributed by atoms with Gasteiger partial charge >= 0.3 is 0 Å². The van der Waals surface area contributed by atoms with Gasteiger partial charge in [0.05, 0.1) is 7.11 Å². The zero-order valence-electron chi connectivity index (χ0n) is 17.1. The summed E-state index contributed by atoms with van der Waals surface area (Å²) >= 11 is 0. The minimum absolute atomic E-state index is 0.109. The number of methoxy groups -OCH3 is 1. The van der Waals surface area contributed by atoms with Gasteiger partial charge in [-0.3, -0.25) is 20.4 Å². The van der Waals surface area contributed by atoms with E-state index in [-0.39, 0.29) is 17.2 Å². The zero-order chi connectivity index (χ0) is 20.4. The molecule has 2 amide bonds. The molecule has 0 atom stereocenters. The Kier molecular flexibility index (Phi) is 5.94. The first kappa shape index (κ1) is 20.5. The quantitative estimate of drug-likeness (QED) is 0.805. The summed E-state index contributed by atoms with van der Waals surface area (Å²) in [5.41, 5.74) is 9.58. The van der Waals surface area contributed by atoms with Crippen LogP contribution in [-0.4, -0.2) is 18.9 Å². The first-order valence-corrected chi connectivity index (χ1v) is 8.91. The molecular formula is C22H28N2O3. The van der Waals surface area contributed by atoms with Crippen molar-refractivity contribution in [3.63, 3.8) is 0 Å². The van der Waals surface area contributed by atoms with Crippen molar-refractivity contribution in [2.75, 3.05) is 7.11 Å². The molecule has 0 aliphatic carbocycles. The van der Waals surface area contributed by atoms with Crippen molar-refractivity contribution in [2.45, 2.75) is 47.0 Å². The lowest BCUT2D eigenvalue weighted by atomic mass is 9.84. The number of carbonyl (C=O) groups excluding carboxylic acids is 2. The van der Waals surface area contributed by atoms with E-state index in [1.54, 1.807) is 25.3 Å². The standard InChI is InChI=1S/C22H28N2O3/c1-13-10-14(2)12-16(11-13)20(25)23-24-21(26)17-8-9-18(22(4,5)6)19(27-7)15(17)3/h8-12H,1-7H3,(H,23,25)(H,24,26). The van der Waals surface area contributed by atoms with Gasteiger partial charge in [0.2, 0.25) is 0 Å². The van der Waals surface area contributed by atoms with E-state index in [2.05, 4.69) is 31.6 Å². The smallest absolute Gasteiger partial charge is 0.270 e. The van der Waals surface area contributed by atoms with Crippen LogP contribution in [0, 0.1) is 20.8 Å². The second kappa shape index (κ2) is 7.82. The van der Waals surface area contributed by atoms with E-state index in [0.29, 0.717) is 16.9 Å². The number of nitrogens with one attached hydrogen (secondary N) is 2. The molecule has 27 heavy (non-hydrogen) atoms. The molecule has 0 aliphatic heterocycles. The van der Waals surface area contributed by atoms with Crippen LogP contribution in [-0.2, 0) is 5.41 Å². The third-order valence-electron chi connectivity index (χ3n) is 4.44. The topological polar surface area (TPSA) is 67.4 Å². The first-order chi connectivity index (χ1) is 12.5. The van der Waals surface area contributed by atoms with Gasteiger partial charge in [-0.25, -0.2) is 0 Å². The van der Waals surface area contributed by atoms with Crippen LogP contribution in [0.4, 0.5) is 0 Å². The van der Waals surface area contributed by atoms with Crippen molar-refractivity contribution >= 4 is 11.8 Å². The molecule has 0 spiro atoms. The molecule has 0 aromatic heterocycles. The van der Waals surface area contributed by atoms with Gasteiger partial charge in [-0.2, -0.15) is 0 Å². The number of aryl methyl sites for hydroxylation is 2. The monoisotopic (exact) mass is 368 g/mol. The normalized spacial score (nSPS) is 11.1. The highest BCUT2D eigenvalue weighted by molar-refractivity contribution is 6.00. The minimum Gasteiger partial charge on any atom is -0.496 e. The Balaban J connectivity index is 2.20. The summed E-state index contributed by atoms with van der Waals surface area (Å²) < 4.78 is 5.55. The van der Waals surface area contributed by atoms with Crippen LogP contribution in [0.15, 0.2) is 30.3 Å². The third kappa shape index (κ3) is 4.67. The fourth-order valence-corrected chi connectivity index (χ4v) is 3.15. The number of hydrogen-bond acceptors (Lipinski definition) is 3. The Morgan fingerprint density at radius 3 is 1.96 bits per heavy atom. The largest absolute Gasteiger partial charge is 0.496 e. The maximum atomic E-state index is 12.6. The molecule has 5 heteroatoms. The number of ether oxygens (including phenoxy) is 1. The molecule has 0 saturated carbocycles. The van der Waals surface area contributed by atoms with Gasteiger partial charge < -0.3 is 4.74 Å². The Bertz CT molecular complexity index is 860. The number of hydrogen-bond donors (Lipinski definition) is 2. The van der Waals surface area contributed by atoms with Gasteiger partial charge in [0, 0.05) is 16.7 Å². The highest BCUT2D eigenvalue weighted by Crippen LogP contribution is 2.35. The van der Waals surface area contributed by atoms with E-state index in [1.807, 2.05) is 32.9 Å². The molecule has 2 aromatic carbocycles. The maximum absolute atomic E-state index is 12.6. The molecule has 5 nitrogen and oxygen atoms in total. The fourth-order valence-electron chi connectivity index (χ4n) is 3.15. The highest BCUT2D eigenvalue weighted by atomic mass is 16.5. The average Bonchev–Trinajstić information content (AvgIpc) is 2.57. The van der Waals surface area contributed by atoms with Crippen molar-refractivity contribution in [3.05, 3.63) is 63.7 Å². The molecule has 0 fully saturated rings. The van der Waals surface area contributed by atoms with E-state index >= 15 is 0 Å². The molecule has 0 bridgehead atoms. The van der Waals surface area contributed by atoms with Crippen LogP contribution in [0.3, 0.4) is 0 Å². The average molecular weight is 368 g/mol. The van der Waals surface area contributed by atoms with Gasteiger partial charge in [0.15, 0.2) is 0 Å². The van der Waals surface area contributed by atoms with Crippen molar-refractivity contribution < 1.29 is 14.3 Å². The Hall–Kier alpha value is -2.82. The lowest BCUT2D eigenvalue weighted by molar-refractivity contribution is 0.0846.